The number of ether oxygens (including phenoxy) is 1. The topological polar surface area (TPSA) is 67.2 Å². The first-order chi connectivity index (χ1) is 6.63. The van der Waals surface area contributed by atoms with E-state index in [4.69, 9.17) is 5.16 Å². The first kappa shape index (κ1) is 11.1. The third-order valence-corrected chi connectivity index (χ3v) is 2.33. The van der Waals surface area contributed by atoms with Gasteiger partial charge in [0.25, 0.3) is 0 Å². The van der Waals surface area contributed by atoms with E-state index in [1.807, 2.05) is 0 Å². The Morgan fingerprint density at radius 3 is 2.93 bits per heavy atom. The summed E-state index contributed by atoms with van der Waals surface area (Å²) in [6.07, 6.45) is 1.26. The highest BCUT2D eigenvalue weighted by Crippen LogP contribution is 2.24. The molecule has 14 heavy (non-hydrogen) atoms. The number of carbonyl (C=O) groups excluding carboxylic acids is 2. The van der Waals surface area contributed by atoms with Crippen LogP contribution in [0.1, 0.15) is 12.8 Å². The molecule has 1 heterocycles. The Morgan fingerprint density at radius 2 is 2.43 bits per heavy atom. The molecule has 1 saturated heterocycles. The Labute approximate surface area is 84.6 Å². The Bertz CT molecular complexity index is 292. The second-order valence-corrected chi connectivity index (χ2v) is 3.79. The van der Waals surface area contributed by atoms with Gasteiger partial charge in [-0.15, -0.1) is 6.58 Å². The largest absolute Gasteiger partial charge is 0.393 e. The summed E-state index contributed by atoms with van der Waals surface area (Å²) < 4.78 is 4.41. The van der Waals surface area contributed by atoms with Crippen LogP contribution in [0.2, 0.25) is 6.32 Å². The fraction of sp³-hybridized carbons (Fsp3) is 0.500. The van der Waals surface area contributed by atoms with Crippen LogP contribution < -0.4 is 0 Å². The van der Waals surface area contributed by atoms with Gasteiger partial charge in [-0.3, -0.25) is 14.8 Å². The number of carbonyl (C=O) groups is 2. The summed E-state index contributed by atoms with van der Waals surface area (Å²) >= 11 is 0. The van der Waals surface area contributed by atoms with E-state index >= 15 is 0 Å². The molecule has 4 nitrogen and oxygen atoms in total. The van der Waals surface area contributed by atoms with Gasteiger partial charge in [0.15, 0.2) is 0 Å². The summed E-state index contributed by atoms with van der Waals surface area (Å²) in [5.41, 5.74) is 0.862. The third-order valence-electron chi connectivity index (χ3n) is 1.97. The molecule has 0 spiro atoms. The van der Waals surface area contributed by atoms with Gasteiger partial charge in [-0.2, -0.15) is 0 Å². The molecule has 0 aromatic heterocycles. The number of nitrogens with one attached hydrogen (secondary N) is 1. The van der Waals surface area contributed by atoms with Crippen LogP contribution in [0.5, 0.6) is 0 Å². The molecule has 0 saturated carbocycles. The second-order valence-electron chi connectivity index (χ2n) is 3.16. The molecule has 0 aliphatic carbocycles. The van der Waals surface area contributed by atoms with Crippen LogP contribution in [0.3, 0.4) is 0 Å². The minimum Gasteiger partial charge on any atom is -0.393 e. The summed E-state index contributed by atoms with van der Waals surface area (Å²) in [5.74, 6) is -1.25. The van der Waals surface area contributed by atoms with Crippen molar-refractivity contribution in [3.8, 4) is 0 Å². The number of cyclic esters (lactones) is 2. The normalized spacial score (nSPS) is 21.0. The predicted molar refractivity (Wildman–Crippen MR) is 53.2 cm³/mol. The van der Waals surface area contributed by atoms with E-state index in [1.165, 1.54) is 0 Å². The molecule has 1 radical (unpaired) electrons. The molecule has 1 aliphatic heterocycles. The van der Waals surface area contributed by atoms with Gasteiger partial charge in [0.2, 0.25) is 7.00 Å². The molecular weight excluding hydrogens is 200 g/mol. The molecule has 0 amide bonds. The summed E-state index contributed by atoms with van der Waals surface area (Å²) in [6.45, 7) is 5.52. The number of rotatable bonds is 5. The maximum atomic E-state index is 11.1. The lowest BCUT2D eigenvalue weighted by Crippen LogP contribution is -2.08. The van der Waals surface area contributed by atoms with E-state index in [9.17, 15) is 9.59 Å². The van der Waals surface area contributed by atoms with Gasteiger partial charge in [-0.25, -0.2) is 0 Å². The lowest BCUT2D eigenvalue weighted by atomic mass is 9.89. The minimum atomic E-state index is -0.449. The first-order valence-corrected chi connectivity index (χ1v) is 5.19. The van der Waals surface area contributed by atoms with E-state index in [0.29, 0.717) is 21.0 Å². The standard InChI is InChI=1S/C8H10BNO3P/c1-5(4-9-14-10)2-6-3-7(11)13-8(6)12/h6,10H,1-4H2. The van der Waals surface area contributed by atoms with Crippen LogP contribution in [-0.4, -0.2) is 18.9 Å². The van der Waals surface area contributed by atoms with Crippen LogP contribution in [0.4, 0.5) is 0 Å². The molecule has 1 rings (SSSR count). The Kier molecular flexibility index (Phi) is 4.02. The van der Waals surface area contributed by atoms with Crippen LogP contribution in [0.15, 0.2) is 12.2 Å². The van der Waals surface area contributed by atoms with Crippen molar-refractivity contribution >= 4 is 27.2 Å². The van der Waals surface area contributed by atoms with Crippen LogP contribution in [0, 0.1) is 11.1 Å². The van der Waals surface area contributed by atoms with E-state index in [0.717, 1.165) is 5.57 Å². The number of hydrogen-bond donors (Lipinski definition) is 1. The van der Waals surface area contributed by atoms with Crippen molar-refractivity contribution in [3.05, 3.63) is 12.2 Å². The molecule has 0 aromatic carbocycles. The maximum absolute atomic E-state index is 11.1. The fourth-order valence-corrected chi connectivity index (χ4v) is 1.63. The van der Waals surface area contributed by atoms with Crippen LogP contribution >= 0.6 is 8.25 Å². The second kappa shape index (κ2) is 5.06. The van der Waals surface area contributed by atoms with E-state index in [1.54, 1.807) is 7.00 Å². The zero-order chi connectivity index (χ0) is 10.6. The van der Waals surface area contributed by atoms with Crippen molar-refractivity contribution in [1.29, 1.82) is 5.16 Å². The van der Waals surface area contributed by atoms with Gasteiger partial charge in [0, 0.05) is 0 Å². The van der Waals surface area contributed by atoms with Gasteiger partial charge >= 0.3 is 11.9 Å². The quantitative estimate of drug-likeness (QED) is 0.247. The van der Waals surface area contributed by atoms with Gasteiger partial charge in [-0.1, -0.05) is 13.8 Å². The van der Waals surface area contributed by atoms with Crippen molar-refractivity contribution in [2.75, 3.05) is 0 Å². The zero-order valence-electron chi connectivity index (χ0n) is 7.66. The summed E-state index contributed by atoms with van der Waals surface area (Å²) in [4.78, 5) is 21.8. The van der Waals surface area contributed by atoms with Gasteiger partial charge in [0.05, 0.1) is 12.3 Å². The van der Waals surface area contributed by atoms with Gasteiger partial charge in [0.1, 0.15) is 0 Å². The average Bonchev–Trinajstić information content (AvgIpc) is 2.42. The highest BCUT2D eigenvalue weighted by Gasteiger charge is 2.33. The minimum absolute atomic E-state index is 0.163. The summed E-state index contributed by atoms with van der Waals surface area (Å²) in [7, 11) is 0.452. The average molecular weight is 210 g/mol. The molecule has 1 atom stereocenters. The van der Waals surface area contributed by atoms with Crippen molar-refractivity contribution in [2.24, 2.45) is 5.92 Å². The molecule has 1 N–H and O–H groups in total. The van der Waals surface area contributed by atoms with Gasteiger partial charge in [-0.05, 0) is 12.7 Å². The SMILES string of the molecule is C=C(C[B]P=N)CC1CC(=O)OC1=O. The van der Waals surface area contributed by atoms with Crippen molar-refractivity contribution in [3.63, 3.8) is 0 Å². The smallest absolute Gasteiger partial charge is 0.317 e. The van der Waals surface area contributed by atoms with Crippen LogP contribution in [-0.2, 0) is 14.3 Å². The first-order valence-electron chi connectivity index (χ1n) is 4.23. The number of hydrogen-bond acceptors (Lipinski definition) is 4. The predicted octanol–water partition coefficient (Wildman–Crippen LogP) is 1.77. The molecule has 0 aromatic rings. The highest BCUT2D eigenvalue weighted by atomic mass is 31.1. The fourth-order valence-electron chi connectivity index (χ4n) is 1.28. The number of allylic oxidation sites excluding steroid dienone is 1. The van der Waals surface area contributed by atoms with Crippen molar-refractivity contribution in [2.45, 2.75) is 19.2 Å². The van der Waals surface area contributed by atoms with E-state index in [2.05, 4.69) is 11.3 Å². The zero-order valence-corrected chi connectivity index (χ0v) is 8.55. The molecule has 0 bridgehead atoms. The van der Waals surface area contributed by atoms with Crippen molar-refractivity contribution < 1.29 is 14.3 Å². The summed E-state index contributed by atoms with van der Waals surface area (Å²) in [5, 5.41) is 6.88. The Balaban J connectivity index is 2.37. The molecule has 1 aliphatic rings. The molecule has 1 fully saturated rings. The lowest BCUT2D eigenvalue weighted by Gasteiger charge is -2.05. The van der Waals surface area contributed by atoms with Crippen LogP contribution in [0.25, 0.3) is 0 Å². The summed E-state index contributed by atoms with van der Waals surface area (Å²) in [6, 6.07) is 0. The Hall–Kier alpha value is -0.955. The lowest BCUT2D eigenvalue weighted by molar-refractivity contribution is -0.153. The third kappa shape index (κ3) is 3.07. The molecule has 6 heteroatoms. The van der Waals surface area contributed by atoms with Gasteiger partial charge < -0.3 is 4.74 Å². The molecule has 73 valence electrons. The van der Waals surface area contributed by atoms with Crippen molar-refractivity contribution in [1.82, 2.24) is 0 Å². The molecule has 1 unspecified atom stereocenters. The maximum Gasteiger partial charge on any atom is 0.317 e. The Morgan fingerprint density at radius 1 is 1.71 bits per heavy atom. The molecular formula is C8H10BNO3P. The number of esters is 2. The van der Waals surface area contributed by atoms with E-state index < -0.39 is 11.9 Å². The highest BCUT2D eigenvalue weighted by molar-refractivity contribution is 7.61. The van der Waals surface area contributed by atoms with E-state index in [-0.39, 0.29) is 12.3 Å². The monoisotopic (exact) mass is 210 g/mol.